The second kappa shape index (κ2) is 21.0. The topological polar surface area (TPSA) is 36.9 Å². The molecule has 0 unspecified atom stereocenters. The maximum absolute atomic E-state index is 5.78. The van der Waals surface area contributed by atoms with E-state index in [-0.39, 0.29) is 0 Å². The molecule has 36 heavy (non-hydrogen) atoms. The van der Waals surface area contributed by atoms with E-state index in [1.54, 1.807) is 0 Å². The molecule has 13 heteroatoms. The molecule has 3 aliphatic rings. The summed E-state index contributed by atoms with van der Waals surface area (Å²) < 4.78 is 31.3. The van der Waals surface area contributed by atoms with Crippen molar-refractivity contribution < 1.29 is 18.9 Å². The first-order valence-electron chi connectivity index (χ1n) is 12.1. The molecule has 0 atom stereocenters. The first-order valence-corrected chi connectivity index (χ1v) is 20.2. The molecule has 0 radical (unpaired) electrons. The van der Waals surface area contributed by atoms with Gasteiger partial charge in [-0.25, -0.2) is 0 Å². The third-order valence-corrected chi connectivity index (χ3v) is 16.5. The lowest BCUT2D eigenvalue weighted by Crippen LogP contribution is -2.13. The van der Waals surface area contributed by atoms with Gasteiger partial charge >= 0.3 is 0 Å². The van der Waals surface area contributed by atoms with Gasteiger partial charge in [-0.05, 0) is 30.6 Å². The monoisotopic (exact) mass is 664 g/mol. The van der Waals surface area contributed by atoms with Crippen LogP contribution in [-0.4, -0.2) is 82.1 Å². The maximum Gasteiger partial charge on any atom is 0.0717 e. The van der Waals surface area contributed by atoms with Gasteiger partial charge in [0.25, 0.3) is 0 Å². The summed E-state index contributed by atoms with van der Waals surface area (Å²) >= 11 is 19.9. The van der Waals surface area contributed by atoms with Gasteiger partial charge < -0.3 is 18.9 Å². The Morgan fingerprint density at radius 2 is 1.11 bits per heavy atom. The first-order chi connectivity index (χ1) is 17.8. The van der Waals surface area contributed by atoms with Crippen molar-refractivity contribution in [2.24, 2.45) is 0 Å². The van der Waals surface area contributed by atoms with Crippen LogP contribution in [-0.2, 0) is 18.9 Å². The number of rotatable bonds is 8. The van der Waals surface area contributed by atoms with Crippen LogP contribution in [0.3, 0.4) is 0 Å². The molecule has 0 N–H and O–H groups in total. The fraction of sp³-hybridized carbons (Fsp3) is 0.739. The van der Waals surface area contributed by atoms with Gasteiger partial charge in [-0.1, -0.05) is 59.9 Å². The normalized spacial score (nSPS) is 22.2. The fourth-order valence-electron chi connectivity index (χ4n) is 2.98. The molecular weight excluding hydrogens is 629 g/mol. The van der Waals surface area contributed by atoms with E-state index in [1.807, 2.05) is 94.1 Å². The molecule has 0 spiro atoms. The van der Waals surface area contributed by atoms with E-state index in [1.165, 1.54) is 56.9 Å². The highest BCUT2D eigenvalue weighted by molar-refractivity contribution is 8.45. The summed E-state index contributed by atoms with van der Waals surface area (Å²) in [6.07, 6.45) is 7.33. The summed E-state index contributed by atoms with van der Waals surface area (Å²) in [6, 6.07) is 0. The van der Waals surface area contributed by atoms with Crippen LogP contribution in [0.4, 0.5) is 0 Å². The second-order valence-electron chi connectivity index (χ2n) is 7.47. The van der Waals surface area contributed by atoms with Gasteiger partial charge in [0.1, 0.15) is 0 Å². The van der Waals surface area contributed by atoms with Crippen molar-refractivity contribution in [3.05, 3.63) is 25.4 Å². The smallest absolute Gasteiger partial charge is 0.0717 e. The Bertz CT molecular complexity index is 713. The van der Waals surface area contributed by atoms with Crippen molar-refractivity contribution in [3.8, 4) is 0 Å². The molecule has 0 bridgehead atoms. The average Bonchev–Trinajstić information content (AvgIpc) is 3.49. The van der Waals surface area contributed by atoms with Crippen LogP contribution in [0.5, 0.6) is 0 Å². The third-order valence-electron chi connectivity index (χ3n) is 4.75. The van der Waals surface area contributed by atoms with Gasteiger partial charge in [0.15, 0.2) is 0 Å². The van der Waals surface area contributed by atoms with Crippen molar-refractivity contribution >= 4 is 107 Å². The molecule has 206 valence electrons. The van der Waals surface area contributed by atoms with E-state index in [2.05, 4.69) is 18.9 Å². The average molecular weight is 665 g/mol. The summed E-state index contributed by atoms with van der Waals surface area (Å²) in [5.74, 6) is 4.13. The highest BCUT2D eigenvalue weighted by Gasteiger charge is 2.30. The molecule has 0 aliphatic carbocycles. The largest absolute Gasteiger partial charge is 0.378 e. The quantitative estimate of drug-likeness (QED) is 0.200. The van der Waals surface area contributed by atoms with E-state index in [4.69, 9.17) is 18.9 Å². The van der Waals surface area contributed by atoms with E-state index in [9.17, 15) is 0 Å². The van der Waals surface area contributed by atoms with Crippen LogP contribution in [0.1, 0.15) is 25.7 Å². The zero-order valence-electron chi connectivity index (χ0n) is 20.7. The lowest BCUT2D eigenvalue weighted by atomic mass is 10.2. The predicted octanol–water partition coefficient (Wildman–Crippen LogP) is 8.46. The number of hydrogen-bond acceptors (Lipinski definition) is 13. The van der Waals surface area contributed by atoms with Crippen molar-refractivity contribution in [2.45, 2.75) is 25.7 Å². The molecule has 4 nitrogen and oxygen atoms in total. The van der Waals surface area contributed by atoms with Gasteiger partial charge in [0.2, 0.25) is 0 Å². The summed E-state index contributed by atoms with van der Waals surface area (Å²) in [4.78, 5) is 0. The van der Waals surface area contributed by atoms with Crippen molar-refractivity contribution in [2.75, 3.05) is 82.1 Å². The molecule has 0 fully saturated rings. The van der Waals surface area contributed by atoms with Gasteiger partial charge in [-0.15, -0.1) is 47.0 Å². The molecule has 0 aromatic rings. The number of unbranched alkanes of at least 4 members (excludes halogenated alkanes) is 3. The summed E-state index contributed by atoms with van der Waals surface area (Å²) in [7, 11) is 0. The van der Waals surface area contributed by atoms with Gasteiger partial charge in [0.05, 0.1) is 78.3 Å². The third kappa shape index (κ3) is 12.8. The van der Waals surface area contributed by atoms with E-state index in [0.717, 1.165) is 30.5 Å². The highest BCUT2D eigenvalue weighted by Crippen LogP contribution is 2.65. The summed E-state index contributed by atoms with van der Waals surface area (Å²) in [5, 5.41) is 0. The molecule has 0 saturated carbocycles. The molecule has 0 aromatic carbocycles. The van der Waals surface area contributed by atoms with Gasteiger partial charge in [-0.3, -0.25) is 0 Å². The Hall–Kier alpha value is 2.21. The fourth-order valence-corrected chi connectivity index (χ4v) is 14.7. The van der Waals surface area contributed by atoms with E-state index in [0.29, 0.717) is 39.6 Å². The van der Waals surface area contributed by atoms with Crippen LogP contribution in [0, 0.1) is 0 Å². The minimum atomic E-state index is 0.606. The SMILES string of the molecule is CSC1=C(SCCCCCCS)SC(=C2SC3=C(SCCOCCOCCOCCOCCS3)S2)S1. The van der Waals surface area contributed by atoms with Gasteiger partial charge in [0, 0.05) is 11.5 Å². The highest BCUT2D eigenvalue weighted by atomic mass is 32.3. The maximum atomic E-state index is 5.78. The minimum Gasteiger partial charge on any atom is -0.378 e. The number of thiol groups is 1. The van der Waals surface area contributed by atoms with Crippen LogP contribution < -0.4 is 0 Å². The summed E-state index contributed by atoms with van der Waals surface area (Å²) in [6.45, 7) is 5.19. The zero-order chi connectivity index (χ0) is 25.3. The standard InChI is InChI=1S/C23H36O4S9/c1-29-18-19(30-15-5-3-2-4-14-28)34-22(33-18)23-35-20-21(36-23)32-17-13-27-11-9-25-7-6-24-8-10-26-12-16-31-20/h28H,2-17H2,1H3. The Balaban J connectivity index is 1.52. The molecule has 0 aromatic heterocycles. The van der Waals surface area contributed by atoms with Crippen LogP contribution in [0.2, 0.25) is 0 Å². The van der Waals surface area contributed by atoms with Crippen LogP contribution in [0.15, 0.2) is 25.4 Å². The predicted molar refractivity (Wildman–Crippen MR) is 178 cm³/mol. The Kier molecular flexibility index (Phi) is 19.1. The van der Waals surface area contributed by atoms with E-state index < -0.39 is 0 Å². The number of ether oxygens (including phenoxy) is 4. The van der Waals surface area contributed by atoms with Gasteiger partial charge in [-0.2, -0.15) is 12.6 Å². The lowest BCUT2D eigenvalue weighted by Gasteiger charge is -2.09. The Labute approximate surface area is 256 Å². The molecule has 3 heterocycles. The van der Waals surface area contributed by atoms with Crippen molar-refractivity contribution in [3.63, 3.8) is 0 Å². The Morgan fingerprint density at radius 1 is 0.611 bits per heavy atom. The van der Waals surface area contributed by atoms with Crippen molar-refractivity contribution in [1.82, 2.24) is 0 Å². The molecule has 0 saturated heterocycles. The molecule has 3 rings (SSSR count). The first kappa shape index (κ1) is 32.7. The number of thioether (sulfide) groups is 8. The Morgan fingerprint density at radius 3 is 1.67 bits per heavy atom. The number of hydrogen-bond donors (Lipinski definition) is 1. The second-order valence-corrected chi connectivity index (χ2v) is 17.7. The molecule has 0 amide bonds. The molecule has 3 aliphatic heterocycles. The van der Waals surface area contributed by atoms with Crippen LogP contribution >= 0.6 is 107 Å². The lowest BCUT2D eigenvalue weighted by molar-refractivity contribution is 0.00147. The van der Waals surface area contributed by atoms with E-state index >= 15 is 0 Å². The zero-order valence-corrected chi connectivity index (χ0v) is 28.1. The molecular formula is C23H36O4S9. The minimum absolute atomic E-state index is 0.606. The van der Waals surface area contributed by atoms with Crippen molar-refractivity contribution in [1.29, 1.82) is 0 Å². The summed E-state index contributed by atoms with van der Waals surface area (Å²) in [5.41, 5.74) is 0. The van der Waals surface area contributed by atoms with Crippen LogP contribution in [0.25, 0.3) is 0 Å².